The standard InChI is InChI=1S/C16H20N2O2/c1-11-5-3-4-6-12(11)14-15(20)17-13(19)9-16(14)7-8-18(2)10-16/h3-6,14H,7-10H2,1-2H3,(H,17,19,20). The fourth-order valence-electron chi connectivity index (χ4n) is 3.82. The van der Waals surface area contributed by atoms with Crippen molar-refractivity contribution in [2.75, 3.05) is 20.1 Å². The molecule has 0 radical (unpaired) electrons. The summed E-state index contributed by atoms with van der Waals surface area (Å²) in [6.45, 7) is 3.79. The first-order valence-corrected chi connectivity index (χ1v) is 7.10. The van der Waals surface area contributed by atoms with Crippen LogP contribution in [0.25, 0.3) is 0 Å². The van der Waals surface area contributed by atoms with Gasteiger partial charge in [-0.05, 0) is 38.1 Å². The Morgan fingerprint density at radius 1 is 1.30 bits per heavy atom. The highest BCUT2D eigenvalue weighted by molar-refractivity contribution is 6.02. The Kier molecular flexibility index (Phi) is 3.13. The maximum absolute atomic E-state index is 12.5. The van der Waals surface area contributed by atoms with Crippen molar-refractivity contribution in [2.24, 2.45) is 5.41 Å². The molecular formula is C16H20N2O2. The van der Waals surface area contributed by atoms with Crippen molar-refractivity contribution in [3.05, 3.63) is 35.4 Å². The number of benzene rings is 1. The summed E-state index contributed by atoms with van der Waals surface area (Å²) in [6.07, 6.45) is 1.35. The number of carbonyl (C=O) groups excluding carboxylic acids is 2. The fraction of sp³-hybridized carbons (Fsp3) is 0.500. The van der Waals surface area contributed by atoms with Crippen molar-refractivity contribution in [3.8, 4) is 0 Å². The number of carbonyl (C=O) groups is 2. The fourth-order valence-corrected chi connectivity index (χ4v) is 3.82. The number of hydrogen-bond donors (Lipinski definition) is 1. The first kappa shape index (κ1) is 13.3. The number of aryl methyl sites for hydroxylation is 1. The van der Waals surface area contributed by atoms with Crippen LogP contribution in [-0.2, 0) is 9.59 Å². The third-order valence-corrected chi connectivity index (χ3v) is 4.73. The molecule has 0 saturated carbocycles. The van der Waals surface area contributed by atoms with Gasteiger partial charge in [0.2, 0.25) is 11.8 Å². The van der Waals surface area contributed by atoms with Gasteiger partial charge >= 0.3 is 0 Å². The number of amides is 2. The molecule has 0 aliphatic carbocycles. The highest BCUT2D eigenvalue weighted by atomic mass is 16.2. The second-order valence-electron chi connectivity index (χ2n) is 6.23. The van der Waals surface area contributed by atoms with Gasteiger partial charge in [0.15, 0.2) is 0 Å². The molecule has 1 aromatic rings. The lowest BCUT2D eigenvalue weighted by Gasteiger charge is -2.40. The largest absolute Gasteiger partial charge is 0.306 e. The molecule has 2 unspecified atom stereocenters. The second-order valence-corrected chi connectivity index (χ2v) is 6.23. The van der Waals surface area contributed by atoms with E-state index in [4.69, 9.17) is 0 Å². The van der Waals surface area contributed by atoms with Gasteiger partial charge in [-0.1, -0.05) is 24.3 Å². The van der Waals surface area contributed by atoms with Crippen LogP contribution < -0.4 is 5.32 Å². The van der Waals surface area contributed by atoms with E-state index in [1.807, 2.05) is 31.2 Å². The van der Waals surface area contributed by atoms with Crippen molar-refractivity contribution < 1.29 is 9.59 Å². The van der Waals surface area contributed by atoms with Crippen LogP contribution in [0, 0.1) is 12.3 Å². The summed E-state index contributed by atoms with van der Waals surface area (Å²) in [6, 6.07) is 8.01. The Morgan fingerprint density at radius 3 is 2.70 bits per heavy atom. The number of likely N-dealkylation sites (tertiary alicyclic amines) is 1. The van der Waals surface area contributed by atoms with Crippen LogP contribution in [0.15, 0.2) is 24.3 Å². The second kappa shape index (κ2) is 4.70. The van der Waals surface area contributed by atoms with E-state index in [1.165, 1.54) is 0 Å². The van der Waals surface area contributed by atoms with Crippen LogP contribution in [0.1, 0.15) is 29.9 Å². The topological polar surface area (TPSA) is 49.4 Å². The Balaban J connectivity index is 2.07. The summed E-state index contributed by atoms with van der Waals surface area (Å²) in [5.74, 6) is -0.479. The van der Waals surface area contributed by atoms with Gasteiger partial charge in [0.1, 0.15) is 0 Å². The van der Waals surface area contributed by atoms with Crippen LogP contribution in [0.5, 0.6) is 0 Å². The molecule has 2 atom stereocenters. The summed E-state index contributed by atoms with van der Waals surface area (Å²) in [5.41, 5.74) is 1.95. The van der Waals surface area contributed by atoms with Gasteiger partial charge in [-0.25, -0.2) is 0 Å². The minimum atomic E-state index is -0.236. The highest BCUT2D eigenvalue weighted by Crippen LogP contribution is 2.48. The normalized spacial score (nSPS) is 30.8. The quantitative estimate of drug-likeness (QED) is 0.787. The summed E-state index contributed by atoms with van der Waals surface area (Å²) in [7, 11) is 2.06. The molecule has 0 aromatic heterocycles. The van der Waals surface area contributed by atoms with E-state index in [1.54, 1.807) is 0 Å². The van der Waals surface area contributed by atoms with E-state index in [-0.39, 0.29) is 23.1 Å². The molecule has 3 rings (SSSR count). The van der Waals surface area contributed by atoms with E-state index in [9.17, 15) is 9.59 Å². The third-order valence-electron chi connectivity index (χ3n) is 4.73. The van der Waals surface area contributed by atoms with E-state index >= 15 is 0 Å². The smallest absolute Gasteiger partial charge is 0.234 e. The lowest BCUT2D eigenvalue weighted by Crippen LogP contribution is -2.51. The average Bonchev–Trinajstić information content (AvgIpc) is 2.72. The van der Waals surface area contributed by atoms with Crippen molar-refractivity contribution in [2.45, 2.75) is 25.7 Å². The van der Waals surface area contributed by atoms with Crippen LogP contribution in [-0.4, -0.2) is 36.9 Å². The van der Waals surface area contributed by atoms with Gasteiger partial charge in [0.25, 0.3) is 0 Å². The maximum Gasteiger partial charge on any atom is 0.234 e. The summed E-state index contributed by atoms with van der Waals surface area (Å²) in [4.78, 5) is 26.5. The zero-order valence-electron chi connectivity index (χ0n) is 12.0. The third kappa shape index (κ3) is 2.04. The summed E-state index contributed by atoms with van der Waals surface area (Å²) >= 11 is 0. The van der Waals surface area contributed by atoms with Crippen molar-refractivity contribution in [1.82, 2.24) is 10.2 Å². The van der Waals surface area contributed by atoms with Crippen LogP contribution >= 0.6 is 0 Å². The Labute approximate surface area is 119 Å². The summed E-state index contributed by atoms with van der Waals surface area (Å²) < 4.78 is 0. The lowest BCUT2D eigenvalue weighted by atomic mass is 9.66. The zero-order valence-corrected chi connectivity index (χ0v) is 12.0. The van der Waals surface area contributed by atoms with Crippen molar-refractivity contribution in [1.29, 1.82) is 0 Å². The molecule has 106 valence electrons. The van der Waals surface area contributed by atoms with Crippen LogP contribution in [0.3, 0.4) is 0 Å². The number of nitrogens with zero attached hydrogens (tertiary/aromatic N) is 1. The minimum absolute atomic E-state index is 0.130. The van der Waals surface area contributed by atoms with E-state index in [2.05, 4.69) is 17.3 Å². The molecule has 2 amide bonds. The molecule has 2 aliphatic rings. The molecule has 1 spiro atoms. The van der Waals surface area contributed by atoms with Gasteiger partial charge in [0, 0.05) is 18.4 Å². The Hall–Kier alpha value is -1.68. The average molecular weight is 272 g/mol. The lowest BCUT2D eigenvalue weighted by molar-refractivity contribution is -0.139. The van der Waals surface area contributed by atoms with Crippen molar-refractivity contribution >= 4 is 11.8 Å². The Bertz CT molecular complexity index is 569. The molecule has 2 saturated heterocycles. The van der Waals surface area contributed by atoms with E-state index in [0.29, 0.717) is 6.42 Å². The number of rotatable bonds is 1. The SMILES string of the molecule is Cc1ccccc1C1C(=O)NC(=O)CC12CCN(C)C2. The number of piperidine rings is 1. The molecule has 2 aliphatic heterocycles. The molecule has 4 heteroatoms. The van der Waals surface area contributed by atoms with Crippen LogP contribution in [0.4, 0.5) is 0 Å². The van der Waals surface area contributed by atoms with Gasteiger partial charge in [-0.3, -0.25) is 14.9 Å². The molecule has 2 heterocycles. The monoisotopic (exact) mass is 272 g/mol. The van der Waals surface area contributed by atoms with E-state index < -0.39 is 0 Å². The maximum atomic E-state index is 12.5. The molecular weight excluding hydrogens is 252 g/mol. The van der Waals surface area contributed by atoms with Gasteiger partial charge in [-0.2, -0.15) is 0 Å². The summed E-state index contributed by atoms with van der Waals surface area (Å²) in [5, 5.41) is 2.52. The molecule has 20 heavy (non-hydrogen) atoms. The van der Waals surface area contributed by atoms with Gasteiger partial charge in [-0.15, -0.1) is 0 Å². The van der Waals surface area contributed by atoms with Gasteiger partial charge in [0.05, 0.1) is 5.92 Å². The van der Waals surface area contributed by atoms with E-state index in [0.717, 1.165) is 30.6 Å². The molecule has 2 fully saturated rings. The number of imide groups is 1. The highest BCUT2D eigenvalue weighted by Gasteiger charge is 2.52. The number of nitrogens with one attached hydrogen (secondary N) is 1. The number of hydrogen-bond acceptors (Lipinski definition) is 3. The first-order valence-electron chi connectivity index (χ1n) is 7.10. The predicted molar refractivity (Wildman–Crippen MR) is 76.2 cm³/mol. The zero-order chi connectivity index (χ0) is 14.3. The van der Waals surface area contributed by atoms with Crippen LogP contribution in [0.2, 0.25) is 0 Å². The molecule has 1 N–H and O–H groups in total. The minimum Gasteiger partial charge on any atom is -0.306 e. The molecule has 4 nitrogen and oxygen atoms in total. The van der Waals surface area contributed by atoms with Crippen molar-refractivity contribution in [3.63, 3.8) is 0 Å². The predicted octanol–water partition coefficient (Wildman–Crippen LogP) is 1.45. The molecule has 1 aromatic carbocycles. The van der Waals surface area contributed by atoms with Gasteiger partial charge < -0.3 is 4.90 Å². The first-order chi connectivity index (χ1) is 9.52. The Morgan fingerprint density at radius 2 is 2.05 bits per heavy atom. The molecule has 0 bridgehead atoms.